The number of unbranched alkanes of at least 4 members (excludes halogenated alkanes) is 1. The van der Waals surface area contributed by atoms with Gasteiger partial charge >= 0.3 is 0 Å². The molecule has 0 aliphatic rings. The zero-order valence-corrected chi connectivity index (χ0v) is 10.9. The number of rotatable bonds is 5. The van der Waals surface area contributed by atoms with Crippen LogP contribution in [0.5, 0.6) is 0 Å². The van der Waals surface area contributed by atoms with Gasteiger partial charge in [0.05, 0.1) is 0 Å². The SMILES string of the molecule is CC(C)(C)n1ccnc(NCCCCN)c1=O. The highest BCUT2D eigenvalue weighted by Gasteiger charge is 2.16. The molecule has 0 saturated carbocycles. The van der Waals surface area contributed by atoms with Gasteiger partial charge in [-0.15, -0.1) is 0 Å². The third kappa shape index (κ3) is 3.85. The first-order valence-electron chi connectivity index (χ1n) is 5.99. The van der Waals surface area contributed by atoms with Gasteiger partial charge in [-0.2, -0.15) is 0 Å². The van der Waals surface area contributed by atoms with Crippen LogP contribution in [-0.4, -0.2) is 22.6 Å². The molecule has 0 spiro atoms. The van der Waals surface area contributed by atoms with E-state index < -0.39 is 0 Å². The van der Waals surface area contributed by atoms with Gasteiger partial charge in [0.25, 0.3) is 5.56 Å². The van der Waals surface area contributed by atoms with E-state index in [1.165, 1.54) is 0 Å². The van der Waals surface area contributed by atoms with E-state index in [0.29, 0.717) is 12.4 Å². The summed E-state index contributed by atoms with van der Waals surface area (Å²) in [5, 5.41) is 3.06. The zero-order valence-electron chi connectivity index (χ0n) is 10.9. The Morgan fingerprint density at radius 3 is 2.71 bits per heavy atom. The lowest BCUT2D eigenvalue weighted by Gasteiger charge is -2.22. The molecule has 1 rings (SSSR count). The van der Waals surface area contributed by atoms with Crippen molar-refractivity contribution in [3.8, 4) is 0 Å². The Morgan fingerprint density at radius 1 is 1.41 bits per heavy atom. The van der Waals surface area contributed by atoms with Gasteiger partial charge in [-0.25, -0.2) is 4.98 Å². The molecule has 0 aromatic carbocycles. The summed E-state index contributed by atoms with van der Waals surface area (Å²) in [4.78, 5) is 16.2. The number of nitrogens with one attached hydrogen (secondary N) is 1. The van der Waals surface area contributed by atoms with Crippen LogP contribution in [0.4, 0.5) is 5.82 Å². The van der Waals surface area contributed by atoms with Crippen LogP contribution in [-0.2, 0) is 5.54 Å². The highest BCUT2D eigenvalue weighted by atomic mass is 16.1. The maximum Gasteiger partial charge on any atom is 0.293 e. The van der Waals surface area contributed by atoms with E-state index in [4.69, 9.17) is 5.73 Å². The number of hydrogen-bond donors (Lipinski definition) is 2. The second-order valence-corrected chi connectivity index (χ2v) is 5.04. The molecule has 96 valence electrons. The van der Waals surface area contributed by atoms with E-state index in [1.54, 1.807) is 17.0 Å². The molecule has 0 bridgehead atoms. The minimum absolute atomic E-state index is 0.0762. The van der Waals surface area contributed by atoms with Crippen molar-refractivity contribution >= 4 is 5.82 Å². The lowest BCUT2D eigenvalue weighted by molar-refractivity contribution is 0.383. The topological polar surface area (TPSA) is 72.9 Å². The normalized spacial score (nSPS) is 11.5. The second-order valence-electron chi connectivity index (χ2n) is 5.04. The van der Waals surface area contributed by atoms with Crippen LogP contribution < -0.4 is 16.6 Å². The van der Waals surface area contributed by atoms with Crippen molar-refractivity contribution in [2.24, 2.45) is 5.73 Å². The Morgan fingerprint density at radius 2 is 2.12 bits per heavy atom. The largest absolute Gasteiger partial charge is 0.365 e. The third-order valence-corrected chi connectivity index (χ3v) is 2.49. The average Bonchev–Trinajstić information content (AvgIpc) is 2.25. The van der Waals surface area contributed by atoms with Gasteiger partial charge < -0.3 is 15.6 Å². The summed E-state index contributed by atoms with van der Waals surface area (Å²) in [5.74, 6) is 0.416. The fourth-order valence-corrected chi connectivity index (χ4v) is 1.54. The summed E-state index contributed by atoms with van der Waals surface area (Å²) < 4.78 is 1.69. The fourth-order valence-electron chi connectivity index (χ4n) is 1.54. The molecule has 17 heavy (non-hydrogen) atoms. The molecule has 0 unspecified atom stereocenters. The standard InChI is InChI=1S/C12H22N4O/c1-12(2,3)16-9-8-15-10(11(16)17)14-7-5-4-6-13/h8-9H,4-7,13H2,1-3H3,(H,14,15). The van der Waals surface area contributed by atoms with Gasteiger partial charge in [0.15, 0.2) is 5.82 Å². The van der Waals surface area contributed by atoms with Gasteiger partial charge in [0.2, 0.25) is 0 Å². The predicted molar refractivity (Wildman–Crippen MR) is 70.3 cm³/mol. The van der Waals surface area contributed by atoms with E-state index >= 15 is 0 Å². The minimum atomic E-state index is -0.228. The van der Waals surface area contributed by atoms with E-state index in [0.717, 1.165) is 19.4 Å². The fraction of sp³-hybridized carbons (Fsp3) is 0.667. The lowest BCUT2D eigenvalue weighted by Crippen LogP contribution is -2.35. The first kappa shape index (κ1) is 13.7. The number of hydrogen-bond acceptors (Lipinski definition) is 4. The summed E-state index contributed by atoms with van der Waals surface area (Å²) in [6.07, 6.45) is 5.26. The summed E-state index contributed by atoms with van der Waals surface area (Å²) in [6, 6.07) is 0. The van der Waals surface area contributed by atoms with Crippen molar-refractivity contribution in [2.75, 3.05) is 18.4 Å². The predicted octanol–water partition coefficient (Wildman–Crippen LogP) is 1.15. The Balaban J connectivity index is 2.78. The van der Waals surface area contributed by atoms with Crippen LogP contribution in [0.1, 0.15) is 33.6 Å². The van der Waals surface area contributed by atoms with Crippen LogP contribution in [0.2, 0.25) is 0 Å². The molecule has 0 radical (unpaired) electrons. The molecule has 0 aliphatic carbocycles. The summed E-state index contributed by atoms with van der Waals surface area (Å²) in [6.45, 7) is 7.38. The van der Waals surface area contributed by atoms with Crippen LogP contribution in [0.3, 0.4) is 0 Å². The number of nitrogens with two attached hydrogens (primary N) is 1. The van der Waals surface area contributed by atoms with E-state index in [2.05, 4.69) is 10.3 Å². The van der Waals surface area contributed by atoms with Gasteiger partial charge in [-0.3, -0.25) is 4.79 Å². The van der Waals surface area contributed by atoms with Crippen molar-refractivity contribution in [1.82, 2.24) is 9.55 Å². The Labute approximate surface area is 102 Å². The van der Waals surface area contributed by atoms with E-state index in [1.807, 2.05) is 20.8 Å². The molecule has 0 fully saturated rings. The number of aromatic nitrogens is 2. The highest BCUT2D eigenvalue weighted by molar-refractivity contribution is 5.30. The van der Waals surface area contributed by atoms with Crippen LogP contribution >= 0.6 is 0 Å². The van der Waals surface area contributed by atoms with Crippen LogP contribution in [0, 0.1) is 0 Å². The van der Waals surface area contributed by atoms with Gasteiger partial charge in [-0.1, -0.05) is 0 Å². The quantitative estimate of drug-likeness (QED) is 0.755. The number of nitrogens with zero attached hydrogens (tertiary/aromatic N) is 2. The molecular formula is C12H22N4O. The molecule has 5 nitrogen and oxygen atoms in total. The second kappa shape index (κ2) is 5.82. The maximum atomic E-state index is 12.1. The lowest BCUT2D eigenvalue weighted by atomic mass is 10.1. The average molecular weight is 238 g/mol. The molecule has 0 amide bonds. The van der Waals surface area contributed by atoms with Crippen molar-refractivity contribution < 1.29 is 0 Å². The molecule has 3 N–H and O–H groups in total. The molecule has 1 heterocycles. The molecule has 1 aromatic rings. The van der Waals surface area contributed by atoms with Crippen LogP contribution in [0.15, 0.2) is 17.2 Å². The summed E-state index contributed by atoms with van der Waals surface area (Å²) in [7, 11) is 0. The Kier molecular flexibility index (Phi) is 4.69. The first-order valence-corrected chi connectivity index (χ1v) is 5.99. The minimum Gasteiger partial charge on any atom is -0.365 e. The molecule has 0 aliphatic heterocycles. The molecule has 5 heteroatoms. The van der Waals surface area contributed by atoms with Crippen LogP contribution in [0.25, 0.3) is 0 Å². The highest BCUT2D eigenvalue weighted by Crippen LogP contribution is 2.10. The summed E-state index contributed by atoms with van der Waals surface area (Å²) >= 11 is 0. The molecule has 0 saturated heterocycles. The van der Waals surface area contributed by atoms with Crippen molar-refractivity contribution in [2.45, 2.75) is 39.2 Å². The Bertz CT molecular complexity index is 406. The van der Waals surface area contributed by atoms with E-state index in [-0.39, 0.29) is 11.1 Å². The van der Waals surface area contributed by atoms with Gasteiger partial charge in [0.1, 0.15) is 0 Å². The molecule has 0 atom stereocenters. The maximum absolute atomic E-state index is 12.1. The van der Waals surface area contributed by atoms with Gasteiger partial charge in [-0.05, 0) is 40.2 Å². The number of anilines is 1. The van der Waals surface area contributed by atoms with Crippen molar-refractivity contribution in [3.05, 3.63) is 22.7 Å². The van der Waals surface area contributed by atoms with E-state index in [9.17, 15) is 4.79 Å². The zero-order chi connectivity index (χ0) is 12.9. The smallest absolute Gasteiger partial charge is 0.293 e. The third-order valence-electron chi connectivity index (χ3n) is 2.49. The molecule has 1 aromatic heterocycles. The molecular weight excluding hydrogens is 216 g/mol. The van der Waals surface area contributed by atoms with Crippen molar-refractivity contribution in [1.29, 1.82) is 0 Å². The Hall–Kier alpha value is -1.36. The monoisotopic (exact) mass is 238 g/mol. The summed E-state index contributed by atoms with van der Waals surface area (Å²) in [5.41, 5.74) is 5.11. The van der Waals surface area contributed by atoms with Crippen molar-refractivity contribution in [3.63, 3.8) is 0 Å². The first-order chi connectivity index (χ1) is 7.96. The van der Waals surface area contributed by atoms with Gasteiger partial charge in [0, 0.05) is 24.5 Å².